The number of benzene rings is 3. The molecule has 0 spiro atoms. The molecule has 11 heteroatoms. The second-order valence-corrected chi connectivity index (χ2v) is 11.6. The molecule has 0 radical (unpaired) electrons. The van der Waals surface area contributed by atoms with Crippen molar-refractivity contribution in [2.75, 3.05) is 0 Å². The highest BCUT2D eigenvalue weighted by molar-refractivity contribution is 7.92. The van der Waals surface area contributed by atoms with Gasteiger partial charge in [-0.1, -0.05) is 47.5 Å². The van der Waals surface area contributed by atoms with E-state index < -0.39 is 36.5 Å². The maximum Gasteiger partial charge on any atom is 0.416 e. The van der Waals surface area contributed by atoms with E-state index in [1.165, 1.54) is 24.3 Å². The number of nitrogens with zero attached hydrogens (tertiary/aromatic N) is 2. The van der Waals surface area contributed by atoms with Crippen LogP contribution in [0.2, 0.25) is 0 Å². The van der Waals surface area contributed by atoms with E-state index in [2.05, 4.69) is 5.10 Å². The number of halogens is 3. The average Bonchev–Trinajstić information content (AvgIpc) is 3.26. The van der Waals surface area contributed by atoms with Crippen LogP contribution in [0, 0.1) is 13.8 Å². The monoisotopic (exact) mass is 520 g/mol. The van der Waals surface area contributed by atoms with Crippen LogP contribution in [0.25, 0.3) is 11.3 Å². The highest BCUT2D eigenvalue weighted by Gasteiger charge is 2.33. The minimum absolute atomic E-state index is 0.0585. The zero-order valence-corrected chi connectivity index (χ0v) is 20.1. The Morgan fingerprint density at radius 3 is 1.69 bits per heavy atom. The van der Waals surface area contributed by atoms with Crippen molar-refractivity contribution in [1.82, 2.24) is 9.19 Å². The van der Waals surface area contributed by atoms with Gasteiger partial charge in [-0.3, -0.25) is 0 Å². The molecule has 0 fully saturated rings. The molecule has 0 saturated heterocycles. The van der Waals surface area contributed by atoms with E-state index in [9.17, 15) is 30.0 Å². The van der Waals surface area contributed by atoms with Crippen molar-refractivity contribution in [2.24, 2.45) is 0 Å². The number of aryl methyl sites for hydroxylation is 2. The van der Waals surface area contributed by atoms with Crippen molar-refractivity contribution in [3.8, 4) is 11.3 Å². The topological polar surface area (TPSA) is 86.1 Å². The summed E-state index contributed by atoms with van der Waals surface area (Å²) in [5, 5.41) is 3.87. The second kappa shape index (κ2) is 8.65. The lowest BCUT2D eigenvalue weighted by Crippen LogP contribution is -2.16. The first-order chi connectivity index (χ1) is 16.3. The van der Waals surface area contributed by atoms with E-state index in [4.69, 9.17) is 0 Å². The number of sulfone groups is 1. The zero-order valence-electron chi connectivity index (χ0n) is 18.5. The molecule has 4 rings (SSSR count). The first kappa shape index (κ1) is 24.7. The van der Waals surface area contributed by atoms with Gasteiger partial charge in [0.1, 0.15) is 10.6 Å². The normalized spacial score (nSPS) is 12.6. The fourth-order valence-corrected chi connectivity index (χ4v) is 6.17. The van der Waals surface area contributed by atoms with Crippen LogP contribution in [0.4, 0.5) is 13.2 Å². The average molecular weight is 521 g/mol. The first-order valence-corrected chi connectivity index (χ1v) is 13.1. The Labute approximate surface area is 200 Å². The van der Waals surface area contributed by atoms with E-state index in [1.807, 2.05) is 0 Å². The molecule has 1 heterocycles. The highest BCUT2D eigenvalue weighted by atomic mass is 32.2. The summed E-state index contributed by atoms with van der Waals surface area (Å²) in [6, 6.07) is 15.3. The fraction of sp³-hybridized carbons (Fsp3) is 0.125. The molecule has 0 atom stereocenters. The van der Waals surface area contributed by atoms with Crippen molar-refractivity contribution in [1.29, 1.82) is 0 Å². The van der Waals surface area contributed by atoms with Gasteiger partial charge in [0.2, 0.25) is 9.84 Å². The van der Waals surface area contributed by atoms with Gasteiger partial charge >= 0.3 is 6.18 Å². The van der Waals surface area contributed by atoms with Gasteiger partial charge in [0, 0.05) is 5.56 Å². The van der Waals surface area contributed by atoms with E-state index >= 15 is 0 Å². The second-order valence-electron chi connectivity index (χ2n) is 7.91. The smallest absolute Gasteiger partial charge is 0.218 e. The summed E-state index contributed by atoms with van der Waals surface area (Å²) >= 11 is 0. The lowest BCUT2D eigenvalue weighted by atomic mass is 10.1. The molecule has 3 aromatic carbocycles. The van der Waals surface area contributed by atoms with Crippen LogP contribution < -0.4 is 0 Å². The number of rotatable bonds is 5. The van der Waals surface area contributed by atoms with Gasteiger partial charge in [-0.15, -0.1) is 0 Å². The molecule has 0 unspecified atom stereocenters. The third-order valence-corrected chi connectivity index (χ3v) is 8.73. The van der Waals surface area contributed by atoms with Crippen LogP contribution in [0.15, 0.2) is 93.7 Å². The van der Waals surface area contributed by atoms with Crippen molar-refractivity contribution < 1.29 is 30.0 Å². The van der Waals surface area contributed by atoms with Crippen LogP contribution in [0.3, 0.4) is 0 Å². The van der Waals surface area contributed by atoms with E-state index in [-0.39, 0.29) is 21.0 Å². The lowest BCUT2D eigenvalue weighted by molar-refractivity contribution is -0.137. The molecule has 0 bridgehead atoms. The fourth-order valence-electron chi connectivity index (χ4n) is 3.42. The predicted octanol–water partition coefficient (Wildman–Crippen LogP) is 5.26. The minimum atomic E-state index is -4.62. The summed E-state index contributed by atoms with van der Waals surface area (Å²) in [6.07, 6.45) is -3.72. The van der Waals surface area contributed by atoms with Gasteiger partial charge in [0.25, 0.3) is 10.0 Å². The molecule has 6 nitrogen and oxygen atoms in total. The van der Waals surface area contributed by atoms with Crippen LogP contribution in [0.5, 0.6) is 0 Å². The zero-order chi connectivity index (χ0) is 25.6. The summed E-state index contributed by atoms with van der Waals surface area (Å²) in [5.74, 6) is 0. The first-order valence-electron chi connectivity index (χ1n) is 10.2. The largest absolute Gasteiger partial charge is 0.416 e. The van der Waals surface area contributed by atoms with Crippen molar-refractivity contribution in [3.05, 3.63) is 95.7 Å². The van der Waals surface area contributed by atoms with Gasteiger partial charge < -0.3 is 0 Å². The summed E-state index contributed by atoms with van der Waals surface area (Å²) in [5.41, 5.74) is 0.230. The third kappa shape index (κ3) is 4.61. The third-order valence-electron chi connectivity index (χ3n) is 5.36. The molecule has 0 aliphatic heterocycles. The molecule has 1 aromatic heterocycles. The van der Waals surface area contributed by atoms with Crippen molar-refractivity contribution in [3.63, 3.8) is 0 Å². The van der Waals surface area contributed by atoms with Crippen LogP contribution in [-0.4, -0.2) is 26.0 Å². The van der Waals surface area contributed by atoms with Crippen LogP contribution in [0.1, 0.15) is 16.7 Å². The maximum absolute atomic E-state index is 13.5. The highest BCUT2D eigenvalue weighted by Crippen LogP contribution is 2.36. The Morgan fingerprint density at radius 2 is 1.20 bits per heavy atom. The molecular weight excluding hydrogens is 501 g/mol. The van der Waals surface area contributed by atoms with Gasteiger partial charge in [0.05, 0.1) is 21.6 Å². The Bertz CT molecular complexity index is 1500. The molecule has 35 heavy (non-hydrogen) atoms. The molecular formula is C24H19F3N2O4S2. The molecule has 0 aliphatic carbocycles. The van der Waals surface area contributed by atoms with E-state index in [1.54, 1.807) is 38.1 Å². The molecule has 0 amide bonds. The van der Waals surface area contributed by atoms with Gasteiger partial charge in [-0.2, -0.15) is 30.8 Å². The summed E-state index contributed by atoms with van der Waals surface area (Å²) in [7, 11) is -8.65. The Balaban J connectivity index is 1.98. The number of aromatic nitrogens is 2. The molecule has 182 valence electrons. The number of alkyl halides is 3. The van der Waals surface area contributed by atoms with Crippen LogP contribution >= 0.6 is 0 Å². The lowest BCUT2D eigenvalue weighted by Gasteiger charge is -2.13. The number of hydrogen-bond acceptors (Lipinski definition) is 5. The Morgan fingerprint density at radius 1 is 0.714 bits per heavy atom. The summed E-state index contributed by atoms with van der Waals surface area (Å²) in [4.78, 5) is -0.709. The van der Waals surface area contributed by atoms with Crippen molar-refractivity contribution >= 4 is 19.9 Å². The molecule has 0 N–H and O–H groups in total. The standard InChI is InChI=1S/C24H19F3N2O4S2/c1-16-3-11-20(12-4-16)34(30,31)22-15-28-29(35(32,33)21-13-5-17(2)6-14-21)23(22)18-7-9-19(10-8-18)24(25,26)27/h3-15H,1-2H3. The van der Waals surface area contributed by atoms with Gasteiger partial charge in [-0.25, -0.2) is 8.42 Å². The predicted molar refractivity (Wildman–Crippen MR) is 123 cm³/mol. The SMILES string of the molecule is Cc1ccc(S(=O)(=O)c2cnn(S(=O)(=O)c3ccc(C)cc3)c2-c2ccc(C(F)(F)F)cc2)cc1. The summed E-state index contributed by atoms with van der Waals surface area (Å²) in [6.45, 7) is 3.54. The van der Waals surface area contributed by atoms with Gasteiger partial charge in [-0.05, 0) is 50.2 Å². The summed E-state index contributed by atoms with van der Waals surface area (Å²) < 4.78 is 93.6. The molecule has 0 aliphatic rings. The number of hydrogen-bond donors (Lipinski definition) is 0. The minimum Gasteiger partial charge on any atom is -0.218 e. The maximum atomic E-state index is 13.5. The molecule has 4 aromatic rings. The van der Waals surface area contributed by atoms with Gasteiger partial charge in [0.15, 0.2) is 0 Å². The Hall–Kier alpha value is -3.44. The van der Waals surface area contributed by atoms with E-state index in [0.29, 0.717) is 4.09 Å². The van der Waals surface area contributed by atoms with E-state index in [0.717, 1.165) is 41.6 Å². The molecule has 0 saturated carbocycles. The van der Waals surface area contributed by atoms with Crippen molar-refractivity contribution in [2.45, 2.75) is 34.7 Å². The Kier molecular flexibility index (Phi) is 6.10. The van der Waals surface area contributed by atoms with Crippen LogP contribution in [-0.2, 0) is 26.0 Å². The quantitative estimate of drug-likeness (QED) is 0.359.